The van der Waals surface area contributed by atoms with Crippen LogP contribution in [-0.4, -0.2) is 58.6 Å². The molecular weight excluding hydrogens is 318 g/mol. The monoisotopic (exact) mass is 345 g/mol. The molecule has 0 bridgehead atoms. The molecule has 0 saturated carbocycles. The van der Waals surface area contributed by atoms with Gasteiger partial charge in [-0.25, -0.2) is 4.79 Å². The first-order chi connectivity index (χ1) is 11.0. The van der Waals surface area contributed by atoms with Gasteiger partial charge in [0.2, 0.25) is 17.7 Å². The standard InChI is InChI=1S/C15H27N3O6/c1-7(2)11(14(22)18-12(8(3)4)15(23)24)17-13(21)10(6-19)16-9(5)20/h7-8,10-12,19H,6H2,1-5H3,(H,16,20)(H,17,21)(H,18,22)(H,23,24)/t10-,11-,12-/m0/s1. The molecule has 0 aromatic carbocycles. The lowest BCUT2D eigenvalue weighted by Crippen LogP contribution is -2.58. The molecule has 0 aliphatic carbocycles. The molecule has 0 aromatic heterocycles. The minimum atomic E-state index is -1.18. The van der Waals surface area contributed by atoms with Crippen LogP contribution in [0.5, 0.6) is 0 Å². The van der Waals surface area contributed by atoms with Crippen LogP contribution in [0.3, 0.4) is 0 Å². The molecule has 0 saturated heterocycles. The zero-order valence-corrected chi connectivity index (χ0v) is 14.6. The molecule has 3 atom stereocenters. The van der Waals surface area contributed by atoms with Crippen LogP contribution in [0.1, 0.15) is 34.6 Å². The lowest BCUT2D eigenvalue weighted by atomic mass is 10.00. The molecule has 24 heavy (non-hydrogen) atoms. The van der Waals surface area contributed by atoms with Crippen molar-refractivity contribution in [3.05, 3.63) is 0 Å². The van der Waals surface area contributed by atoms with Gasteiger partial charge in [-0.2, -0.15) is 0 Å². The molecule has 9 nitrogen and oxygen atoms in total. The van der Waals surface area contributed by atoms with E-state index in [1.165, 1.54) is 6.92 Å². The summed E-state index contributed by atoms with van der Waals surface area (Å²) in [5.74, 6) is -3.69. The number of hydrogen-bond donors (Lipinski definition) is 5. The normalized spacial score (nSPS) is 14.7. The molecule has 0 spiro atoms. The molecule has 138 valence electrons. The summed E-state index contributed by atoms with van der Waals surface area (Å²) >= 11 is 0. The molecule has 0 heterocycles. The summed E-state index contributed by atoms with van der Waals surface area (Å²) in [6.07, 6.45) is 0. The highest BCUT2D eigenvalue weighted by atomic mass is 16.4. The van der Waals surface area contributed by atoms with Crippen LogP contribution in [0.15, 0.2) is 0 Å². The number of carboxylic acids is 1. The van der Waals surface area contributed by atoms with Crippen molar-refractivity contribution in [2.45, 2.75) is 52.7 Å². The summed E-state index contributed by atoms with van der Waals surface area (Å²) in [7, 11) is 0. The Kier molecular flexibility index (Phi) is 8.97. The van der Waals surface area contributed by atoms with Gasteiger partial charge in [0.15, 0.2) is 0 Å². The quantitative estimate of drug-likeness (QED) is 0.357. The van der Waals surface area contributed by atoms with Gasteiger partial charge in [-0.15, -0.1) is 0 Å². The van der Waals surface area contributed by atoms with Crippen molar-refractivity contribution in [2.75, 3.05) is 6.61 Å². The number of carboxylic acid groups (broad SMARTS) is 1. The summed E-state index contributed by atoms with van der Waals surface area (Å²) in [6.45, 7) is 7.25. The predicted octanol–water partition coefficient (Wildman–Crippen LogP) is -1.15. The van der Waals surface area contributed by atoms with E-state index in [-0.39, 0.29) is 11.8 Å². The number of nitrogens with one attached hydrogen (secondary N) is 3. The average Bonchev–Trinajstić information content (AvgIpc) is 2.45. The summed E-state index contributed by atoms with van der Waals surface area (Å²) in [5, 5.41) is 25.4. The Balaban J connectivity index is 5.08. The fourth-order valence-electron chi connectivity index (χ4n) is 1.98. The minimum Gasteiger partial charge on any atom is -0.480 e. The van der Waals surface area contributed by atoms with Crippen LogP contribution in [-0.2, 0) is 19.2 Å². The van der Waals surface area contributed by atoms with Crippen LogP contribution >= 0.6 is 0 Å². The minimum absolute atomic E-state index is 0.327. The van der Waals surface area contributed by atoms with E-state index >= 15 is 0 Å². The molecule has 5 N–H and O–H groups in total. The fourth-order valence-corrected chi connectivity index (χ4v) is 1.98. The summed E-state index contributed by atoms with van der Waals surface area (Å²) in [5.41, 5.74) is 0. The van der Waals surface area contributed by atoms with Crippen molar-refractivity contribution >= 4 is 23.7 Å². The molecule has 9 heteroatoms. The molecule has 0 aliphatic rings. The zero-order valence-electron chi connectivity index (χ0n) is 14.6. The number of carbonyl (C=O) groups is 4. The first kappa shape index (κ1) is 21.8. The lowest BCUT2D eigenvalue weighted by Gasteiger charge is -2.26. The zero-order chi connectivity index (χ0) is 19.0. The van der Waals surface area contributed by atoms with Crippen LogP contribution in [0.4, 0.5) is 0 Å². The van der Waals surface area contributed by atoms with Gasteiger partial charge in [0.25, 0.3) is 0 Å². The number of hydrogen-bond acceptors (Lipinski definition) is 5. The number of carbonyl (C=O) groups excluding carboxylic acids is 3. The highest BCUT2D eigenvalue weighted by Crippen LogP contribution is 2.07. The van der Waals surface area contributed by atoms with E-state index in [2.05, 4.69) is 16.0 Å². The van der Waals surface area contributed by atoms with Crippen LogP contribution in [0, 0.1) is 11.8 Å². The third kappa shape index (κ3) is 6.95. The van der Waals surface area contributed by atoms with Gasteiger partial charge >= 0.3 is 5.97 Å². The highest BCUT2D eigenvalue weighted by Gasteiger charge is 2.31. The Morgan fingerprint density at radius 1 is 0.833 bits per heavy atom. The maximum atomic E-state index is 12.3. The van der Waals surface area contributed by atoms with Crippen molar-refractivity contribution < 1.29 is 29.4 Å². The summed E-state index contributed by atoms with van der Waals surface area (Å²) in [6, 6.07) is -3.27. The maximum Gasteiger partial charge on any atom is 0.326 e. The molecule has 0 fully saturated rings. The Morgan fingerprint density at radius 3 is 1.62 bits per heavy atom. The molecule has 0 unspecified atom stereocenters. The first-order valence-electron chi connectivity index (χ1n) is 7.72. The van der Waals surface area contributed by atoms with Crippen LogP contribution < -0.4 is 16.0 Å². The second-order valence-electron chi connectivity index (χ2n) is 6.23. The number of aliphatic hydroxyl groups is 1. The topological polar surface area (TPSA) is 145 Å². The van der Waals surface area contributed by atoms with Gasteiger partial charge in [0.1, 0.15) is 18.1 Å². The van der Waals surface area contributed by atoms with E-state index in [1.54, 1.807) is 27.7 Å². The van der Waals surface area contributed by atoms with E-state index in [1.807, 2.05) is 0 Å². The van der Waals surface area contributed by atoms with Gasteiger partial charge in [0.05, 0.1) is 6.61 Å². The maximum absolute atomic E-state index is 12.3. The second kappa shape index (κ2) is 9.86. The smallest absolute Gasteiger partial charge is 0.326 e. The lowest BCUT2D eigenvalue weighted by molar-refractivity contribution is -0.143. The van der Waals surface area contributed by atoms with Crippen molar-refractivity contribution in [3.8, 4) is 0 Å². The molecule has 0 radical (unpaired) electrons. The molecule has 0 rings (SSSR count). The Hall–Kier alpha value is -2.16. The summed E-state index contributed by atoms with van der Waals surface area (Å²) in [4.78, 5) is 46.6. The van der Waals surface area contributed by atoms with E-state index in [4.69, 9.17) is 5.11 Å². The van der Waals surface area contributed by atoms with E-state index < -0.39 is 48.4 Å². The summed E-state index contributed by atoms with van der Waals surface area (Å²) < 4.78 is 0. The van der Waals surface area contributed by atoms with Gasteiger partial charge < -0.3 is 26.2 Å². The van der Waals surface area contributed by atoms with E-state index in [0.29, 0.717) is 0 Å². The Morgan fingerprint density at radius 2 is 1.29 bits per heavy atom. The van der Waals surface area contributed by atoms with Gasteiger partial charge in [-0.3, -0.25) is 14.4 Å². The fraction of sp³-hybridized carbons (Fsp3) is 0.733. The number of aliphatic hydroxyl groups excluding tert-OH is 1. The number of aliphatic carboxylic acids is 1. The molecule has 3 amide bonds. The van der Waals surface area contributed by atoms with Crippen molar-refractivity contribution in [3.63, 3.8) is 0 Å². The number of amides is 3. The second-order valence-corrected chi connectivity index (χ2v) is 6.23. The Bertz CT molecular complexity index is 478. The SMILES string of the molecule is CC(=O)N[C@@H](CO)C(=O)N[C@H](C(=O)N[C@H](C(=O)O)C(C)C)C(C)C. The van der Waals surface area contributed by atoms with Crippen molar-refractivity contribution in [2.24, 2.45) is 11.8 Å². The van der Waals surface area contributed by atoms with Gasteiger partial charge in [-0.05, 0) is 11.8 Å². The predicted molar refractivity (Wildman–Crippen MR) is 85.9 cm³/mol. The van der Waals surface area contributed by atoms with Crippen LogP contribution in [0.2, 0.25) is 0 Å². The molecule has 0 aliphatic heterocycles. The van der Waals surface area contributed by atoms with Crippen LogP contribution in [0.25, 0.3) is 0 Å². The average molecular weight is 345 g/mol. The third-order valence-electron chi connectivity index (χ3n) is 3.35. The first-order valence-corrected chi connectivity index (χ1v) is 7.72. The molecular formula is C15H27N3O6. The van der Waals surface area contributed by atoms with E-state index in [0.717, 1.165) is 0 Å². The highest BCUT2D eigenvalue weighted by molar-refractivity contribution is 5.93. The Labute approximate surface area is 141 Å². The largest absolute Gasteiger partial charge is 0.480 e. The van der Waals surface area contributed by atoms with Gasteiger partial charge in [-0.1, -0.05) is 27.7 Å². The van der Waals surface area contributed by atoms with E-state index in [9.17, 15) is 24.3 Å². The van der Waals surface area contributed by atoms with Crippen molar-refractivity contribution in [1.82, 2.24) is 16.0 Å². The molecule has 0 aromatic rings. The number of rotatable bonds is 9. The van der Waals surface area contributed by atoms with Gasteiger partial charge in [0, 0.05) is 6.92 Å². The van der Waals surface area contributed by atoms with Crippen molar-refractivity contribution in [1.29, 1.82) is 0 Å². The third-order valence-corrected chi connectivity index (χ3v) is 3.35.